The summed E-state index contributed by atoms with van der Waals surface area (Å²) >= 11 is 0. The van der Waals surface area contributed by atoms with Crippen LogP contribution in [0.3, 0.4) is 0 Å². The molecule has 0 radical (unpaired) electrons. The maximum atomic E-state index is 4.41. The average Bonchev–Trinajstić information content (AvgIpc) is 2.94. The molecule has 3 rings (SSSR count). The fourth-order valence-electron chi connectivity index (χ4n) is 3.28. The summed E-state index contributed by atoms with van der Waals surface area (Å²) in [5, 5.41) is 7.96. The fourth-order valence-corrected chi connectivity index (χ4v) is 3.28. The monoisotopic (exact) mass is 249 g/mol. The standard InChI is InChI=1S/C13H23N5/c1-10(2)18-13(15-9-16-18)8-17-6-11-4-3-5-14-12(11)7-17/h9-12,14H,3-8H2,1-2H3. The molecule has 3 heterocycles. The van der Waals surface area contributed by atoms with Crippen molar-refractivity contribution in [2.24, 2.45) is 5.92 Å². The Labute approximate surface area is 109 Å². The van der Waals surface area contributed by atoms with Gasteiger partial charge in [0.15, 0.2) is 0 Å². The smallest absolute Gasteiger partial charge is 0.141 e. The van der Waals surface area contributed by atoms with Crippen LogP contribution in [0.1, 0.15) is 38.6 Å². The Bertz CT molecular complexity index is 386. The topological polar surface area (TPSA) is 46.0 Å². The van der Waals surface area contributed by atoms with Gasteiger partial charge in [0.1, 0.15) is 12.2 Å². The highest BCUT2D eigenvalue weighted by Crippen LogP contribution is 2.25. The van der Waals surface area contributed by atoms with Gasteiger partial charge in [0, 0.05) is 25.2 Å². The molecule has 1 aromatic rings. The molecule has 0 aliphatic carbocycles. The Hall–Kier alpha value is -0.940. The number of piperidine rings is 1. The van der Waals surface area contributed by atoms with Crippen LogP contribution in [0.5, 0.6) is 0 Å². The first-order chi connectivity index (χ1) is 8.74. The molecule has 0 amide bonds. The Morgan fingerprint density at radius 1 is 1.44 bits per heavy atom. The highest BCUT2D eigenvalue weighted by molar-refractivity contribution is 4.95. The van der Waals surface area contributed by atoms with Gasteiger partial charge in [-0.1, -0.05) is 0 Å². The summed E-state index contributed by atoms with van der Waals surface area (Å²) in [6.45, 7) is 8.81. The second-order valence-electron chi connectivity index (χ2n) is 5.87. The lowest BCUT2D eigenvalue weighted by Gasteiger charge is -2.24. The Morgan fingerprint density at radius 3 is 3.11 bits per heavy atom. The summed E-state index contributed by atoms with van der Waals surface area (Å²) in [4.78, 5) is 6.93. The summed E-state index contributed by atoms with van der Waals surface area (Å²) in [6.07, 6.45) is 4.39. The van der Waals surface area contributed by atoms with Crippen molar-refractivity contribution in [1.82, 2.24) is 25.0 Å². The molecule has 2 saturated heterocycles. The first-order valence-electron chi connectivity index (χ1n) is 7.08. The Balaban J connectivity index is 1.65. The van der Waals surface area contributed by atoms with E-state index < -0.39 is 0 Å². The molecule has 2 aliphatic rings. The molecule has 100 valence electrons. The molecular formula is C13H23N5. The molecule has 2 fully saturated rings. The number of rotatable bonds is 3. The molecule has 2 unspecified atom stereocenters. The van der Waals surface area contributed by atoms with Crippen molar-refractivity contribution in [3.05, 3.63) is 12.2 Å². The number of aromatic nitrogens is 3. The predicted octanol–water partition coefficient (Wildman–Crippen LogP) is 1.04. The fraction of sp³-hybridized carbons (Fsp3) is 0.846. The van der Waals surface area contributed by atoms with Crippen LogP contribution in [0, 0.1) is 5.92 Å². The average molecular weight is 249 g/mol. The molecule has 5 heteroatoms. The summed E-state index contributed by atoms with van der Waals surface area (Å²) in [5.41, 5.74) is 0. The van der Waals surface area contributed by atoms with Gasteiger partial charge in [-0.05, 0) is 39.2 Å². The summed E-state index contributed by atoms with van der Waals surface area (Å²) < 4.78 is 2.04. The molecule has 2 aliphatic heterocycles. The maximum Gasteiger partial charge on any atom is 0.141 e. The van der Waals surface area contributed by atoms with Gasteiger partial charge < -0.3 is 5.32 Å². The third-order valence-electron chi connectivity index (χ3n) is 4.18. The van der Waals surface area contributed by atoms with Gasteiger partial charge in [-0.15, -0.1) is 0 Å². The van der Waals surface area contributed by atoms with E-state index in [0.29, 0.717) is 12.1 Å². The highest BCUT2D eigenvalue weighted by atomic mass is 15.4. The van der Waals surface area contributed by atoms with E-state index in [1.54, 1.807) is 6.33 Å². The number of fused-ring (bicyclic) bond motifs is 1. The molecule has 0 saturated carbocycles. The molecule has 1 aromatic heterocycles. The van der Waals surface area contributed by atoms with Crippen molar-refractivity contribution in [3.63, 3.8) is 0 Å². The van der Waals surface area contributed by atoms with Crippen molar-refractivity contribution in [3.8, 4) is 0 Å². The number of nitrogens with one attached hydrogen (secondary N) is 1. The molecule has 2 atom stereocenters. The molecule has 5 nitrogen and oxygen atoms in total. The maximum absolute atomic E-state index is 4.41. The lowest BCUT2D eigenvalue weighted by molar-refractivity contribution is 0.294. The van der Waals surface area contributed by atoms with Crippen molar-refractivity contribution < 1.29 is 0 Å². The zero-order chi connectivity index (χ0) is 12.5. The number of likely N-dealkylation sites (tertiary alicyclic amines) is 1. The van der Waals surface area contributed by atoms with Gasteiger partial charge in [-0.2, -0.15) is 5.10 Å². The van der Waals surface area contributed by atoms with E-state index in [0.717, 1.165) is 24.8 Å². The van der Waals surface area contributed by atoms with E-state index in [-0.39, 0.29) is 0 Å². The third-order valence-corrected chi connectivity index (χ3v) is 4.18. The van der Waals surface area contributed by atoms with Crippen LogP contribution < -0.4 is 5.32 Å². The molecule has 0 spiro atoms. The van der Waals surface area contributed by atoms with Gasteiger partial charge in [0.05, 0.1) is 6.54 Å². The van der Waals surface area contributed by atoms with Crippen molar-refractivity contribution >= 4 is 0 Å². The van der Waals surface area contributed by atoms with Crippen LogP contribution in [0.15, 0.2) is 6.33 Å². The van der Waals surface area contributed by atoms with E-state index in [9.17, 15) is 0 Å². The minimum atomic E-state index is 0.394. The van der Waals surface area contributed by atoms with Gasteiger partial charge in [0.2, 0.25) is 0 Å². The van der Waals surface area contributed by atoms with Gasteiger partial charge in [-0.3, -0.25) is 4.90 Å². The molecule has 1 N–H and O–H groups in total. The minimum Gasteiger partial charge on any atom is -0.312 e. The van der Waals surface area contributed by atoms with Crippen LogP contribution in [0.4, 0.5) is 0 Å². The second-order valence-corrected chi connectivity index (χ2v) is 5.87. The van der Waals surface area contributed by atoms with Crippen LogP contribution in [0.25, 0.3) is 0 Å². The van der Waals surface area contributed by atoms with Gasteiger partial charge in [0.25, 0.3) is 0 Å². The van der Waals surface area contributed by atoms with E-state index in [4.69, 9.17) is 0 Å². The number of hydrogen-bond acceptors (Lipinski definition) is 4. The van der Waals surface area contributed by atoms with Crippen LogP contribution in [-0.2, 0) is 6.54 Å². The van der Waals surface area contributed by atoms with Gasteiger partial charge >= 0.3 is 0 Å². The van der Waals surface area contributed by atoms with Crippen molar-refractivity contribution in [2.45, 2.75) is 45.3 Å². The molecule has 0 bridgehead atoms. The Kier molecular flexibility index (Phi) is 3.35. The van der Waals surface area contributed by atoms with Crippen LogP contribution >= 0.6 is 0 Å². The summed E-state index contributed by atoms with van der Waals surface area (Å²) in [7, 11) is 0. The second kappa shape index (κ2) is 4.97. The molecule has 18 heavy (non-hydrogen) atoms. The van der Waals surface area contributed by atoms with E-state index in [1.807, 2.05) is 4.68 Å². The number of hydrogen-bond donors (Lipinski definition) is 1. The van der Waals surface area contributed by atoms with Gasteiger partial charge in [-0.25, -0.2) is 9.67 Å². The SMILES string of the molecule is CC(C)n1ncnc1CN1CC2CCCNC2C1. The van der Waals surface area contributed by atoms with Crippen LogP contribution in [0.2, 0.25) is 0 Å². The zero-order valence-electron chi connectivity index (χ0n) is 11.3. The number of nitrogens with zero attached hydrogens (tertiary/aromatic N) is 4. The first-order valence-corrected chi connectivity index (χ1v) is 7.08. The predicted molar refractivity (Wildman–Crippen MR) is 70.2 cm³/mol. The van der Waals surface area contributed by atoms with Crippen molar-refractivity contribution in [1.29, 1.82) is 0 Å². The molecule has 0 aromatic carbocycles. The lowest BCUT2D eigenvalue weighted by Crippen LogP contribution is -2.40. The zero-order valence-corrected chi connectivity index (χ0v) is 11.3. The quantitative estimate of drug-likeness (QED) is 0.869. The summed E-state index contributed by atoms with van der Waals surface area (Å²) in [6, 6.07) is 1.10. The van der Waals surface area contributed by atoms with Crippen molar-refractivity contribution in [2.75, 3.05) is 19.6 Å². The molecular weight excluding hydrogens is 226 g/mol. The largest absolute Gasteiger partial charge is 0.312 e. The van der Waals surface area contributed by atoms with E-state index in [2.05, 4.69) is 34.1 Å². The normalized spacial score (nSPS) is 28.8. The van der Waals surface area contributed by atoms with E-state index in [1.165, 1.54) is 25.9 Å². The van der Waals surface area contributed by atoms with E-state index >= 15 is 0 Å². The summed E-state index contributed by atoms with van der Waals surface area (Å²) in [5.74, 6) is 1.94. The minimum absolute atomic E-state index is 0.394. The first kappa shape index (κ1) is 12.1. The highest BCUT2D eigenvalue weighted by Gasteiger charge is 2.34. The third kappa shape index (κ3) is 2.29. The van der Waals surface area contributed by atoms with Crippen LogP contribution in [-0.4, -0.2) is 45.3 Å². The lowest BCUT2D eigenvalue weighted by atomic mass is 9.94. The Morgan fingerprint density at radius 2 is 2.33 bits per heavy atom.